The number of rotatable bonds is 14. The van der Waals surface area contributed by atoms with Crippen molar-refractivity contribution in [2.75, 3.05) is 30.8 Å². The number of nitrogens with zero attached hydrogens (tertiary/aromatic N) is 2. The first kappa shape index (κ1) is 34.0. The number of nitrogens with one attached hydrogen (secondary N) is 1. The highest BCUT2D eigenvalue weighted by molar-refractivity contribution is 7.92. The van der Waals surface area contributed by atoms with E-state index in [1.54, 1.807) is 7.11 Å². The second kappa shape index (κ2) is 14.3. The van der Waals surface area contributed by atoms with Crippen LogP contribution in [-0.4, -0.2) is 57.6 Å². The lowest BCUT2D eigenvalue weighted by Gasteiger charge is -2.57. The normalized spacial score (nSPS) is 23.4. The molecule has 0 aromatic heterocycles. The van der Waals surface area contributed by atoms with Crippen molar-refractivity contribution < 1.29 is 22.7 Å². The molecule has 0 aliphatic heterocycles. The molecule has 4 aliphatic rings. The van der Waals surface area contributed by atoms with Crippen LogP contribution in [0.3, 0.4) is 0 Å². The zero-order valence-corrected chi connectivity index (χ0v) is 29.3. The van der Waals surface area contributed by atoms with Gasteiger partial charge in [0.25, 0.3) is 0 Å². The van der Waals surface area contributed by atoms with Gasteiger partial charge in [0.05, 0.1) is 19.1 Å². The summed E-state index contributed by atoms with van der Waals surface area (Å²) in [5.74, 6) is 2.30. The Morgan fingerprint density at radius 3 is 2.10 bits per heavy atom. The van der Waals surface area contributed by atoms with E-state index < -0.39 is 28.5 Å². The Labute approximate surface area is 285 Å². The van der Waals surface area contributed by atoms with Crippen molar-refractivity contribution in [3.63, 3.8) is 0 Å². The molecule has 3 aromatic carbocycles. The van der Waals surface area contributed by atoms with E-state index in [2.05, 4.69) is 17.4 Å². The molecule has 256 valence electrons. The Morgan fingerprint density at radius 1 is 0.896 bits per heavy atom. The third-order valence-electron chi connectivity index (χ3n) is 10.8. The molecule has 7 rings (SSSR count). The SMILES string of the molecule is CCCNC(=O)[C@@H](Cc1ccccc1)N(Cc1cccc(OC)c1)C(=O)CN(c1ccc(C23CC4CC(CC(C4)C2)C3)cc1)S(C)(=O)=O. The number of carbonyl (C=O) groups is 2. The van der Waals surface area contributed by atoms with E-state index >= 15 is 0 Å². The lowest BCUT2D eigenvalue weighted by Crippen LogP contribution is -2.53. The maximum Gasteiger partial charge on any atom is 0.244 e. The average Bonchev–Trinajstić information content (AvgIpc) is 3.07. The van der Waals surface area contributed by atoms with Crippen LogP contribution < -0.4 is 14.4 Å². The fourth-order valence-corrected chi connectivity index (χ4v) is 9.80. The molecule has 4 fully saturated rings. The fourth-order valence-electron chi connectivity index (χ4n) is 8.95. The van der Waals surface area contributed by atoms with E-state index in [1.807, 2.05) is 73.7 Å². The summed E-state index contributed by atoms with van der Waals surface area (Å²) < 4.78 is 33.3. The van der Waals surface area contributed by atoms with Crippen LogP contribution in [0.2, 0.25) is 0 Å². The molecule has 0 heterocycles. The molecule has 1 atom stereocenters. The summed E-state index contributed by atoms with van der Waals surface area (Å²) in [6.07, 6.45) is 9.88. The summed E-state index contributed by atoms with van der Waals surface area (Å²) in [6, 6.07) is 24.0. The molecule has 0 unspecified atom stereocenters. The van der Waals surface area contributed by atoms with Crippen molar-refractivity contribution >= 4 is 27.5 Å². The molecule has 48 heavy (non-hydrogen) atoms. The maximum absolute atomic E-state index is 14.4. The van der Waals surface area contributed by atoms with Gasteiger partial charge in [0.15, 0.2) is 0 Å². The molecule has 8 nitrogen and oxygen atoms in total. The smallest absolute Gasteiger partial charge is 0.244 e. The third-order valence-corrected chi connectivity index (χ3v) is 11.9. The summed E-state index contributed by atoms with van der Waals surface area (Å²) >= 11 is 0. The Morgan fingerprint density at radius 2 is 1.52 bits per heavy atom. The van der Waals surface area contributed by atoms with Gasteiger partial charge < -0.3 is 15.0 Å². The van der Waals surface area contributed by atoms with Crippen molar-refractivity contribution in [2.45, 2.75) is 76.3 Å². The second-order valence-corrected chi connectivity index (χ2v) is 16.3. The molecule has 1 N–H and O–H groups in total. The minimum absolute atomic E-state index is 0.107. The number of hydrogen-bond donors (Lipinski definition) is 1. The van der Waals surface area contributed by atoms with Gasteiger partial charge >= 0.3 is 0 Å². The van der Waals surface area contributed by atoms with Crippen LogP contribution in [0.4, 0.5) is 5.69 Å². The molecule has 0 spiro atoms. The number of hydrogen-bond acceptors (Lipinski definition) is 5. The summed E-state index contributed by atoms with van der Waals surface area (Å²) in [5, 5.41) is 2.98. The van der Waals surface area contributed by atoms with Gasteiger partial charge in [0, 0.05) is 19.5 Å². The van der Waals surface area contributed by atoms with Crippen LogP contribution in [0.1, 0.15) is 68.6 Å². The van der Waals surface area contributed by atoms with E-state index in [0.717, 1.165) is 41.6 Å². The molecular formula is C39H49N3O5S. The largest absolute Gasteiger partial charge is 0.497 e. The second-order valence-electron chi connectivity index (χ2n) is 14.4. The van der Waals surface area contributed by atoms with Crippen molar-refractivity contribution in [1.29, 1.82) is 0 Å². The van der Waals surface area contributed by atoms with Crippen molar-refractivity contribution in [3.8, 4) is 5.75 Å². The predicted octanol–water partition coefficient (Wildman–Crippen LogP) is 6.10. The van der Waals surface area contributed by atoms with Gasteiger partial charge in [-0.25, -0.2) is 8.42 Å². The summed E-state index contributed by atoms with van der Waals surface area (Å²) in [4.78, 5) is 29.7. The number of methoxy groups -OCH3 is 1. The summed E-state index contributed by atoms with van der Waals surface area (Å²) in [6.45, 7) is 2.13. The van der Waals surface area contributed by atoms with E-state index in [4.69, 9.17) is 4.74 Å². The molecular weight excluding hydrogens is 623 g/mol. The fraction of sp³-hybridized carbons (Fsp3) is 0.487. The topological polar surface area (TPSA) is 96.0 Å². The minimum Gasteiger partial charge on any atom is -0.497 e. The first-order chi connectivity index (χ1) is 23.1. The van der Waals surface area contributed by atoms with E-state index in [0.29, 0.717) is 18.0 Å². The average molecular weight is 672 g/mol. The minimum atomic E-state index is -3.84. The highest BCUT2D eigenvalue weighted by Gasteiger charge is 2.51. The molecule has 3 aromatic rings. The summed E-state index contributed by atoms with van der Waals surface area (Å²) in [5.41, 5.74) is 3.60. The number of sulfonamides is 1. The van der Waals surface area contributed by atoms with Crippen LogP contribution in [-0.2, 0) is 38.0 Å². The lowest BCUT2D eigenvalue weighted by atomic mass is 9.48. The van der Waals surface area contributed by atoms with Crippen molar-refractivity contribution in [3.05, 3.63) is 95.6 Å². The Bertz CT molecular complexity index is 1660. The van der Waals surface area contributed by atoms with E-state index in [1.165, 1.54) is 53.3 Å². The van der Waals surface area contributed by atoms with Gasteiger partial charge in [0.1, 0.15) is 18.3 Å². The van der Waals surface area contributed by atoms with Crippen LogP contribution in [0.5, 0.6) is 5.75 Å². The van der Waals surface area contributed by atoms with E-state index in [-0.39, 0.29) is 24.3 Å². The first-order valence-corrected chi connectivity index (χ1v) is 19.2. The standard InChI is InChI=1S/C39H49N3O5S/c1-4-17-40-38(44)36(22-28-9-6-5-7-10-28)41(26-29-11-8-12-35(21-29)47-2)37(43)27-42(48(3,45)46)34-15-13-33(14-16-34)39-23-30-18-31(24-39)20-32(19-30)25-39/h5-16,21,30-32,36H,4,17-20,22-27H2,1-3H3,(H,40,44)/t30?,31?,32?,36-,39?/m1/s1. The molecule has 4 saturated carbocycles. The highest BCUT2D eigenvalue weighted by atomic mass is 32.2. The van der Waals surface area contributed by atoms with Crippen molar-refractivity contribution in [2.24, 2.45) is 17.8 Å². The van der Waals surface area contributed by atoms with Gasteiger partial charge in [0.2, 0.25) is 21.8 Å². The number of ether oxygens (including phenoxy) is 1. The predicted molar refractivity (Wildman–Crippen MR) is 189 cm³/mol. The highest BCUT2D eigenvalue weighted by Crippen LogP contribution is 2.60. The number of carbonyl (C=O) groups excluding carboxylic acids is 2. The quantitative estimate of drug-likeness (QED) is 0.224. The molecule has 0 radical (unpaired) electrons. The Hall–Kier alpha value is -3.85. The molecule has 4 bridgehead atoms. The molecule has 0 saturated heterocycles. The van der Waals surface area contributed by atoms with Crippen molar-refractivity contribution in [1.82, 2.24) is 10.2 Å². The van der Waals surface area contributed by atoms with Gasteiger partial charge in [-0.15, -0.1) is 0 Å². The van der Waals surface area contributed by atoms with Gasteiger partial charge in [-0.3, -0.25) is 13.9 Å². The van der Waals surface area contributed by atoms with Crippen LogP contribution in [0.15, 0.2) is 78.9 Å². The van der Waals surface area contributed by atoms with Crippen LogP contribution in [0, 0.1) is 17.8 Å². The number of benzene rings is 3. The Balaban J connectivity index is 1.30. The number of anilines is 1. The first-order valence-electron chi connectivity index (χ1n) is 17.4. The molecule has 9 heteroatoms. The van der Waals surface area contributed by atoms with Gasteiger partial charge in [-0.1, -0.05) is 61.5 Å². The maximum atomic E-state index is 14.4. The monoisotopic (exact) mass is 671 g/mol. The number of amides is 2. The van der Waals surface area contributed by atoms with Crippen LogP contribution >= 0.6 is 0 Å². The van der Waals surface area contributed by atoms with Crippen LogP contribution in [0.25, 0.3) is 0 Å². The zero-order valence-electron chi connectivity index (χ0n) is 28.4. The third kappa shape index (κ3) is 7.56. The lowest BCUT2D eigenvalue weighted by molar-refractivity contribution is -0.140. The molecule has 2 amide bonds. The Kier molecular flexibility index (Phi) is 10.2. The van der Waals surface area contributed by atoms with Gasteiger partial charge in [-0.05, 0) is 109 Å². The molecule has 4 aliphatic carbocycles. The van der Waals surface area contributed by atoms with Gasteiger partial charge in [-0.2, -0.15) is 0 Å². The zero-order chi connectivity index (χ0) is 33.9. The van der Waals surface area contributed by atoms with E-state index in [9.17, 15) is 18.0 Å². The summed E-state index contributed by atoms with van der Waals surface area (Å²) in [7, 11) is -2.26.